The molecule has 2 aromatic rings. The van der Waals surface area contributed by atoms with Gasteiger partial charge in [0.2, 0.25) is 10.0 Å². The molecular formula is C16H18N4O4S. The van der Waals surface area contributed by atoms with Gasteiger partial charge in [-0.15, -0.1) is 0 Å². The van der Waals surface area contributed by atoms with Gasteiger partial charge in [0.05, 0.1) is 24.8 Å². The predicted molar refractivity (Wildman–Crippen MR) is 92.8 cm³/mol. The molecule has 9 heteroatoms. The molecule has 1 heterocycles. The van der Waals surface area contributed by atoms with Crippen molar-refractivity contribution >= 4 is 22.1 Å². The molecule has 132 valence electrons. The molecule has 0 saturated heterocycles. The summed E-state index contributed by atoms with van der Waals surface area (Å²) in [5.41, 5.74) is 3.05. The van der Waals surface area contributed by atoms with Gasteiger partial charge in [-0.05, 0) is 42.0 Å². The monoisotopic (exact) mass is 362 g/mol. The lowest BCUT2D eigenvalue weighted by molar-refractivity contribution is -0.121. The average molecular weight is 362 g/mol. The van der Waals surface area contributed by atoms with Crippen LogP contribution in [-0.2, 0) is 14.8 Å². The second kappa shape index (κ2) is 8.36. The summed E-state index contributed by atoms with van der Waals surface area (Å²) in [6, 6.07) is 9.36. The van der Waals surface area contributed by atoms with E-state index in [4.69, 9.17) is 4.74 Å². The molecule has 0 aliphatic rings. The fraction of sp³-hybridized carbons (Fsp3) is 0.188. The van der Waals surface area contributed by atoms with Gasteiger partial charge in [-0.3, -0.25) is 9.78 Å². The zero-order chi connectivity index (χ0) is 18.3. The molecule has 0 aliphatic heterocycles. The minimum atomic E-state index is -3.78. The Labute approximate surface area is 146 Å². The molecule has 25 heavy (non-hydrogen) atoms. The van der Waals surface area contributed by atoms with Crippen molar-refractivity contribution < 1.29 is 17.9 Å². The van der Waals surface area contributed by atoms with Crippen LogP contribution in [0.1, 0.15) is 5.56 Å². The van der Waals surface area contributed by atoms with Crippen molar-refractivity contribution in [2.75, 3.05) is 20.7 Å². The number of ether oxygens (including phenoxy) is 1. The van der Waals surface area contributed by atoms with Crippen LogP contribution in [0, 0.1) is 0 Å². The number of hydrogen-bond donors (Lipinski definition) is 1. The van der Waals surface area contributed by atoms with Crippen LogP contribution in [0.15, 0.2) is 58.8 Å². The van der Waals surface area contributed by atoms with E-state index in [0.29, 0.717) is 5.75 Å². The van der Waals surface area contributed by atoms with E-state index < -0.39 is 15.9 Å². The molecule has 1 amide bonds. The third-order valence-corrected chi connectivity index (χ3v) is 5.06. The van der Waals surface area contributed by atoms with Crippen LogP contribution in [0.5, 0.6) is 5.75 Å². The van der Waals surface area contributed by atoms with Gasteiger partial charge in [0.1, 0.15) is 5.75 Å². The van der Waals surface area contributed by atoms with Crippen molar-refractivity contribution in [1.82, 2.24) is 14.7 Å². The summed E-state index contributed by atoms with van der Waals surface area (Å²) in [7, 11) is -0.962. The smallest absolute Gasteiger partial charge is 0.255 e. The molecule has 8 nitrogen and oxygen atoms in total. The number of carbonyl (C=O) groups is 1. The fourth-order valence-electron chi connectivity index (χ4n) is 1.88. The van der Waals surface area contributed by atoms with E-state index in [-0.39, 0.29) is 11.4 Å². The molecule has 1 aromatic carbocycles. The first-order valence-corrected chi connectivity index (χ1v) is 8.70. The molecule has 1 aromatic heterocycles. The number of likely N-dealkylation sites (N-methyl/N-ethyl adjacent to an activating group) is 1. The largest absolute Gasteiger partial charge is 0.497 e. The number of hydrazone groups is 1. The molecule has 0 saturated carbocycles. The minimum absolute atomic E-state index is 0.0730. The standard InChI is InChI=1S/C16H18N4O4S/c1-20(25(22,23)15-5-3-14(24-2)4-6-15)12-16(21)19-18-11-13-7-9-17-10-8-13/h3-11H,12H2,1-2H3,(H,19,21)/b18-11-. The zero-order valence-electron chi connectivity index (χ0n) is 13.8. The Morgan fingerprint density at radius 2 is 1.88 bits per heavy atom. The highest BCUT2D eigenvalue weighted by Crippen LogP contribution is 2.18. The molecule has 0 fully saturated rings. The summed E-state index contributed by atoms with van der Waals surface area (Å²) in [6.45, 7) is -0.359. The topological polar surface area (TPSA) is 101 Å². The second-order valence-electron chi connectivity index (χ2n) is 5.01. The van der Waals surface area contributed by atoms with Crippen molar-refractivity contribution in [2.24, 2.45) is 5.10 Å². The van der Waals surface area contributed by atoms with Crippen LogP contribution in [0.2, 0.25) is 0 Å². The number of carbonyl (C=O) groups excluding carboxylic acids is 1. The molecule has 0 unspecified atom stereocenters. The first-order chi connectivity index (χ1) is 11.9. The van der Waals surface area contributed by atoms with Gasteiger partial charge < -0.3 is 4.74 Å². The van der Waals surface area contributed by atoms with Crippen LogP contribution >= 0.6 is 0 Å². The van der Waals surface area contributed by atoms with Gasteiger partial charge in [-0.1, -0.05) is 0 Å². The molecule has 2 rings (SSSR count). The van der Waals surface area contributed by atoms with Crippen molar-refractivity contribution in [3.63, 3.8) is 0 Å². The number of rotatable bonds is 7. The van der Waals surface area contributed by atoms with Crippen LogP contribution < -0.4 is 10.2 Å². The van der Waals surface area contributed by atoms with Crippen molar-refractivity contribution in [3.05, 3.63) is 54.4 Å². The Kier molecular flexibility index (Phi) is 6.20. The molecule has 0 atom stereocenters. The summed E-state index contributed by atoms with van der Waals surface area (Å²) in [5.74, 6) is -0.00492. The third-order valence-electron chi connectivity index (χ3n) is 3.24. The SMILES string of the molecule is COc1ccc(S(=O)(=O)N(C)CC(=O)N/N=C\c2ccncc2)cc1. The predicted octanol–water partition coefficient (Wildman–Crippen LogP) is 0.861. The number of amides is 1. The lowest BCUT2D eigenvalue weighted by Crippen LogP contribution is -2.36. The van der Waals surface area contributed by atoms with E-state index >= 15 is 0 Å². The molecule has 0 radical (unpaired) electrons. The third kappa shape index (κ3) is 5.10. The van der Waals surface area contributed by atoms with E-state index in [1.54, 1.807) is 36.7 Å². The summed E-state index contributed by atoms with van der Waals surface area (Å²) in [5, 5.41) is 3.78. The van der Waals surface area contributed by atoms with Gasteiger partial charge >= 0.3 is 0 Å². The maximum absolute atomic E-state index is 12.4. The normalized spacial score (nSPS) is 11.6. The number of methoxy groups -OCH3 is 1. The second-order valence-corrected chi connectivity index (χ2v) is 7.06. The summed E-state index contributed by atoms with van der Waals surface area (Å²) in [4.78, 5) is 15.8. The highest BCUT2D eigenvalue weighted by molar-refractivity contribution is 7.89. The molecule has 0 bridgehead atoms. The summed E-state index contributed by atoms with van der Waals surface area (Å²) in [6.07, 6.45) is 4.63. The van der Waals surface area contributed by atoms with E-state index in [1.807, 2.05) is 0 Å². The zero-order valence-corrected chi connectivity index (χ0v) is 14.6. The lowest BCUT2D eigenvalue weighted by Gasteiger charge is -2.16. The Morgan fingerprint density at radius 1 is 1.24 bits per heavy atom. The van der Waals surface area contributed by atoms with E-state index in [1.165, 1.54) is 32.5 Å². The maximum Gasteiger partial charge on any atom is 0.255 e. The number of pyridine rings is 1. The first-order valence-electron chi connectivity index (χ1n) is 7.26. The molecular weight excluding hydrogens is 344 g/mol. The van der Waals surface area contributed by atoms with Crippen LogP contribution in [0.3, 0.4) is 0 Å². The van der Waals surface area contributed by atoms with Crippen molar-refractivity contribution in [1.29, 1.82) is 0 Å². The van der Waals surface area contributed by atoms with Gasteiger partial charge in [-0.2, -0.15) is 9.41 Å². The Balaban J connectivity index is 1.96. The summed E-state index contributed by atoms with van der Waals surface area (Å²) < 4.78 is 30.8. The van der Waals surface area contributed by atoms with E-state index in [9.17, 15) is 13.2 Å². The Morgan fingerprint density at radius 3 is 2.48 bits per heavy atom. The van der Waals surface area contributed by atoms with Crippen LogP contribution in [-0.4, -0.2) is 50.5 Å². The molecule has 0 aliphatic carbocycles. The minimum Gasteiger partial charge on any atom is -0.497 e. The van der Waals surface area contributed by atoms with Crippen molar-refractivity contribution in [3.8, 4) is 5.75 Å². The number of hydrogen-bond acceptors (Lipinski definition) is 6. The number of sulfonamides is 1. The van der Waals surface area contributed by atoms with Crippen molar-refractivity contribution in [2.45, 2.75) is 4.90 Å². The number of nitrogens with one attached hydrogen (secondary N) is 1. The van der Waals surface area contributed by atoms with Gasteiger partial charge in [0, 0.05) is 19.4 Å². The number of benzene rings is 1. The van der Waals surface area contributed by atoms with Crippen LogP contribution in [0.4, 0.5) is 0 Å². The quantitative estimate of drug-likeness (QED) is 0.581. The lowest BCUT2D eigenvalue weighted by atomic mass is 10.3. The van der Waals surface area contributed by atoms with Gasteiger partial charge in [-0.25, -0.2) is 13.8 Å². The Hall–Kier alpha value is -2.78. The van der Waals surface area contributed by atoms with E-state index in [2.05, 4.69) is 15.5 Å². The maximum atomic E-state index is 12.4. The number of aromatic nitrogens is 1. The van der Waals surface area contributed by atoms with Gasteiger partial charge in [0.15, 0.2) is 0 Å². The summed E-state index contributed by atoms with van der Waals surface area (Å²) >= 11 is 0. The molecule has 1 N–H and O–H groups in total. The molecule has 0 spiro atoms. The van der Waals surface area contributed by atoms with Crippen LogP contribution in [0.25, 0.3) is 0 Å². The first kappa shape index (κ1) is 18.6. The highest BCUT2D eigenvalue weighted by atomic mass is 32.2. The average Bonchev–Trinajstić information content (AvgIpc) is 2.62. The number of nitrogens with zero attached hydrogens (tertiary/aromatic N) is 3. The highest BCUT2D eigenvalue weighted by Gasteiger charge is 2.22. The van der Waals surface area contributed by atoms with Gasteiger partial charge in [0.25, 0.3) is 5.91 Å². The van der Waals surface area contributed by atoms with E-state index in [0.717, 1.165) is 9.87 Å². The fourth-order valence-corrected chi connectivity index (χ4v) is 3.01. The Bertz CT molecular complexity index is 836.